The summed E-state index contributed by atoms with van der Waals surface area (Å²) >= 11 is 0. The van der Waals surface area contributed by atoms with Gasteiger partial charge in [0.05, 0.1) is 7.11 Å². The fraction of sp³-hybridized carbons (Fsp3) is 0.250. The van der Waals surface area contributed by atoms with Crippen LogP contribution in [0.4, 0.5) is 0 Å². The lowest BCUT2D eigenvalue weighted by atomic mass is 9.90. The predicted molar refractivity (Wildman–Crippen MR) is 93.4 cm³/mol. The highest BCUT2D eigenvalue weighted by Crippen LogP contribution is 2.35. The molecular formula is C20H21NO2. The van der Waals surface area contributed by atoms with E-state index >= 15 is 0 Å². The first-order chi connectivity index (χ1) is 11.2. The Labute approximate surface area is 136 Å². The molecule has 0 fully saturated rings. The van der Waals surface area contributed by atoms with Crippen LogP contribution in [-0.4, -0.2) is 18.0 Å². The molecule has 1 heterocycles. The number of aromatic nitrogens is 1. The number of benzene rings is 2. The number of fused-ring (bicyclic) bond motifs is 1. The van der Waals surface area contributed by atoms with Crippen molar-refractivity contribution in [3.63, 3.8) is 0 Å². The summed E-state index contributed by atoms with van der Waals surface area (Å²) in [4.78, 5) is 11.8. The van der Waals surface area contributed by atoms with E-state index < -0.39 is 0 Å². The molecule has 0 spiro atoms. The smallest absolute Gasteiger partial charge is 0.152 e. The monoisotopic (exact) mass is 307 g/mol. The van der Waals surface area contributed by atoms with E-state index in [-0.39, 0.29) is 5.92 Å². The van der Waals surface area contributed by atoms with E-state index in [1.165, 1.54) is 5.56 Å². The van der Waals surface area contributed by atoms with Gasteiger partial charge < -0.3 is 9.30 Å². The Hall–Kier alpha value is -2.55. The second-order valence-electron chi connectivity index (χ2n) is 5.73. The SMILES string of the molecule is CC[C@@H](c1ccc(OC)cc1)c1c(C=O)c2ccccc2n1C. The van der Waals surface area contributed by atoms with E-state index in [1.807, 2.05) is 37.4 Å². The van der Waals surface area contributed by atoms with Gasteiger partial charge in [0.25, 0.3) is 0 Å². The first-order valence-electron chi connectivity index (χ1n) is 7.87. The Morgan fingerprint density at radius 1 is 1.13 bits per heavy atom. The Morgan fingerprint density at radius 2 is 1.83 bits per heavy atom. The molecule has 0 aliphatic carbocycles. The number of ether oxygens (including phenoxy) is 1. The lowest BCUT2D eigenvalue weighted by Gasteiger charge is -2.18. The highest BCUT2D eigenvalue weighted by molar-refractivity contribution is 5.99. The minimum atomic E-state index is 0.179. The van der Waals surface area contributed by atoms with Gasteiger partial charge in [-0.25, -0.2) is 0 Å². The molecule has 1 atom stereocenters. The van der Waals surface area contributed by atoms with E-state index in [1.54, 1.807) is 7.11 Å². The summed E-state index contributed by atoms with van der Waals surface area (Å²) in [6, 6.07) is 16.2. The highest BCUT2D eigenvalue weighted by Gasteiger charge is 2.22. The van der Waals surface area contributed by atoms with Crippen molar-refractivity contribution in [3.8, 4) is 5.75 Å². The number of hydrogen-bond acceptors (Lipinski definition) is 2. The van der Waals surface area contributed by atoms with Crippen LogP contribution in [0.25, 0.3) is 10.9 Å². The lowest BCUT2D eigenvalue weighted by molar-refractivity contribution is 0.112. The molecular weight excluding hydrogens is 286 g/mol. The van der Waals surface area contributed by atoms with E-state index in [0.29, 0.717) is 0 Å². The third-order valence-electron chi connectivity index (χ3n) is 4.57. The largest absolute Gasteiger partial charge is 0.497 e. The molecule has 3 heteroatoms. The molecule has 0 aliphatic rings. The lowest BCUT2D eigenvalue weighted by Crippen LogP contribution is -2.08. The summed E-state index contributed by atoms with van der Waals surface area (Å²) in [5.74, 6) is 1.02. The molecule has 0 radical (unpaired) electrons. The van der Waals surface area contributed by atoms with Gasteiger partial charge in [-0.05, 0) is 30.2 Å². The third-order valence-corrected chi connectivity index (χ3v) is 4.57. The summed E-state index contributed by atoms with van der Waals surface area (Å²) in [5.41, 5.74) is 4.17. The summed E-state index contributed by atoms with van der Waals surface area (Å²) in [5, 5.41) is 1.02. The topological polar surface area (TPSA) is 31.2 Å². The molecule has 0 saturated heterocycles. The maximum absolute atomic E-state index is 11.8. The van der Waals surface area contributed by atoms with Crippen molar-refractivity contribution < 1.29 is 9.53 Å². The van der Waals surface area contributed by atoms with E-state index in [4.69, 9.17) is 4.74 Å². The van der Waals surface area contributed by atoms with Crippen LogP contribution < -0.4 is 4.74 Å². The van der Waals surface area contributed by atoms with Gasteiger partial charge in [0, 0.05) is 35.1 Å². The van der Waals surface area contributed by atoms with Gasteiger partial charge in [-0.1, -0.05) is 37.3 Å². The molecule has 118 valence electrons. The molecule has 0 unspecified atom stereocenters. The standard InChI is InChI=1S/C20H21NO2/c1-4-16(14-9-11-15(23-3)12-10-14)20-18(13-22)17-7-5-6-8-19(17)21(20)2/h5-13,16H,4H2,1-3H3/t16-/m0/s1. The zero-order valence-electron chi connectivity index (χ0n) is 13.7. The minimum absolute atomic E-state index is 0.179. The molecule has 0 amide bonds. The van der Waals surface area contributed by atoms with E-state index in [9.17, 15) is 4.79 Å². The molecule has 1 aromatic heterocycles. The summed E-state index contributed by atoms with van der Waals surface area (Å²) in [7, 11) is 3.71. The summed E-state index contributed by atoms with van der Waals surface area (Å²) in [6.45, 7) is 2.15. The number of para-hydroxylation sites is 1. The molecule has 3 rings (SSSR count). The average Bonchev–Trinajstić information content (AvgIpc) is 2.89. The van der Waals surface area contributed by atoms with Gasteiger partial charge in [0.2, 0.25) is 0 Å². The number of rotatable bonds is 5. The summed E-state index contributed by atoms with van der Waals surface area (Å²) in [6.07, 6.45) is 1.92. The van der Waals surface area contributed by atoms with Crippen molar-refractivity contribution in [1.29, 1.82) is 0 Å². The maximum Gasteiger partial charge on any atom is 0.152 e. The molecule has 0 N–H and O–H groups in total. The Kier molecular flexibility index (Phi) is 4.20. The Morgan fingerprint density at radius 3 is 2.43 bits per heavy atom. The normalized spacial score (nSPS) is 12.3. The van der Waals surface area contributed by atoms with Gasteiger partial charge in [-0.3, -0.25) is 4.79 Å². The first-order valence-corrected chi connectivity index (χ1v) is 7.87. The second-order valence-corrected chi connectivity index (χ2v) is 5.73. The number of hydrogen-bond donors (Lipinski definition) is 0. The van der Waals surface area contributed by atoms with Gasteiger partial charge in [-0.2, -0.15) is 0 Å². The van der Waals surface area contributed by atoms with Crippen LogP contribution in [0.2, 0.25) is 0 Å². The molecule has 23 heavy (non-hydrogen) atoms. The molecule has 0 saturated carbocycles. The number of nitrogens with zero attached hydrogens (tertiary/aromatic N) is 1. The van der Waals surface area contributed by atoms with Gasteiger partial charge in [0.1, 0.15) is 5.75 Å². The highest BCUT2D eigenvalue weighted by atomic mass is 16.5. The van der Waals surface area contributed by atoms with Crippen molar-refractivity contribution in [2.45, 2.75) is 19.3 Å². The van der Waals surface area contributed by atoms with Crippen molar-refractivity contribution in [1.82, 2.24) is 4.57 Å². The van der Waals surface area contributed by atoms with Crippen molar-refractivity contribution >= 4 is 17.2 Å². The van der Waals surface area contributed by atoms with E-state index in [2.05, 4.69) is 29.7 Å². The third kappa shape index (κ3) is 2.52. The number of methoxy groups -OCH3 is 1. The summed E-state index contributed by atoms with van der Waals surface area (Å²) < 4.78 is 7.39. The Bertz CT molecular complexity index is 831. The predicted octanol–water partition coefficient (Wildman–Crippen LogP) is 4.54. The van der Waals surface area contributed by atoms with Crippen molar-refractivity contribution in [2.24, 2.45) is 7.05 Å². The maximum atomic E-state index is 11.8. The van der Waals surface area contributed by atoms with Gasteiger partial charge in [0.15, 0.2) is 6.29 Å². The zero-order chi connectivity index (χ0) is 16.4. The zero-order valence-corrected chi connectivity index (χ0v) is 13.7. The first kappa shape index (κ1) is 15.3. The molecule has 2 aromatic carbocycles. The van der Waals surface area contributed by atoms with Gasteiger partial charge in [-0.15, -0.1) is 0 Å². The number of aryl methyl sites for hydroxylation is 1. The van der Waals surface area contributed by atoms with Crippen LogP contribution in [0.5, 0.6) is 5.75 Å². The van der Waals surface area contributed by atoms with Crippen LogP contribution in [0, 0.1) is 0 Å². The minimum Gasteiger partial charge on any atom is -0.497 e. The number of carbonyl (C=O) groups is 1. The van der Waals surface area contributed by atoms with Crippen molar-refractivity contribution in [2.75, 3.05) is 7.11 Å². The molecule has 0 bridgehead atoms. The van der Waals surface area contributed by atoms with Crippen LogP contribution in [0.15, 0.2) is 48.5 Å². The van der Waals surface area contributed by atoms with Crippen LogP contribution in [0.3, 0.4) is 0 Å². The number of carbonyl (C=O) groups excluding carboxylic acids is 1. The van der Waals surface area contributed by atoms with Gasteiger partial charge >= 0.3 is 0 Å². The fourth-order valence-corrected chi connectivity index (χ4v) is 3.41. The van der Waals surface area contributed by atoms with Crippen LogP contribution in [0.1, 0.15) is 40.9 Å². The quantitative estimate of drug-likeness (QED) is 0.648. The number of aldehydes is 1. The second kappa shape index (κ2) is 6.29. The van der Waals surface area contributed by atoms with Crippen LogP contribution in [-0.2, 0) is 7.05 Å². The van der Waals surface area contributed by atoms with E-state index in [0.717, 1.165) is 40.6 Å². The molecule has 0 aliphatic heterocycles. The Balaban J connectivity index is 2.19. The molecule has 3 nitrogen and oxygen atoms in total. The molecule has 3 aromatic rings. The average molecular weight is 307 g/mol. The fourth-order valence-electron chi connectivity index (χ4n) is 3.41. The van der Waals surface area contributed by atoms with Crippen molar-refractivity contribution in [3.05, 3.63) is 65.4 Å². The van der Waals surface area contributed by atoms with Crippen LogP contribution >= 0.6 is 0 Å².